The highest BCUT2D eigenvalue weighted by atomic mass is 79.9. The first kappa shape index (κ1) is 23.6. The Morgan fingerprint density at radius 2 is 1.68 bits per heavy atom. The summed E-state index contributed by atoms with van der Waals surface area (Å²) >= 11 is 3.39. The van der Waals surface area contributed by atoms with E-state index in [0.29, 0.717) is 11.4 Å². The molecule has 2 aromatic carbocycles. The molecule has 4 aromatic rings. The van der Waals surface area contributed by atoms with Crippen molar-refractivity contribution in [3.63, 3.8) is 0 Å². The average molecular weight is 524 g/mol. The van der Waals surface area contributed by atoms with Crippen molar-refractivity contribution in [3.05, 3.63) is 94.6 Å². The molecule has 176 valence electrons. The summed E-state index contributed by atoms with van der Waals surface area (Å²) in [4.78, 5) is 12.5. The average Bonchev–Trinajstić information content (AvgIpc) is 3.47. The molecule has 2 heterocycles. The lowest BCUT2D eigenvalue weighted by Crippen LogP contribution is -2.10. The Kier molecular flexibility index (Phi) is 7.07. The van der Waals surface area contributed by atoms with Gasteiger partial charge in [0.15, 0.2) is 12.5 Å². The SMILES string of the molecule is CC(C)(C)c1ccc(OCc2ccc(C(=O)Nc3cnn(COc4ccc(Br)cc4)c3)o2)cc1. The molecule has 0 saturated heterocycles. The Bertz CT molecular complexity index is 1240. The topological polar surface area (TPSA) is 78.5 Å². The molecule has 7 nitrogen and oxygen atoms in total. The number of benzene rings is 2. The van der Waals surface area contributed by atoms with Crippen LogP contribution in [0, 0.1) is 0 Å². The van der Waals surface area contributed by atoms with Gasteiger partial charge in [0.1, 0.15) is 23.9 Å². The lowest BCUT2D eigenvalue weighted by Gasteiger charge is -2.19. The van der Waals surface area contributed by atoms with Crippen LogP contribution in [0.3, 0.4) is 0 Å². The lowest BCUT2D eigenvalue weighted by atomic mass is 9.87. The molecule has 0 unspecified atom stereocenters. The van der Waals surface area contributed by atoms with E-state index in [1.165, 1.54) is 5.56 Å². The van der Waals surface area contributed by atoms with E-state index in [9.17, 15) is 4.79 Å². The number of hydrogen-bond acceptors (Lipinski definition) is 5. The summed E-state index contributed by atoms with van der Waals surface area (Å²) < 4.78 is 19.7. The minimum Gasteiger partial charge on any atom is -0.486 e. The quantitative estimate of drug-likeness (QED) is 0.289. The molecule has 1 N–H and O–H groups in total. The molecule has 0 aliphatic carbocycles. The van der Waals surface area contributed by atoms with Crippen molar-refractivity contribution < 1.29 is 18.7 Å². The summed E-state index contributed by atoms with van der Waals surface area (Å²) in [7, 11) is 0. The van der Waals surface area contributed by atoms with E-state index < -0.39 is 0 Å². The molecule has 0 fully saturated rings. The second kappa shape index (κ2) is 10.2. The van der Waals surface area contributed by atoms with E-state index in [0.717, 1.165) is 16.0 Å². The second-order valence-corrected chi connectivity index (χ2v) is 9.69. The molecule has 0 atom stereocenters. The van der Waals surface area contributed by atoms with Gasteiger partial charge in [0.2, 0.25) is 0 Å². The van der Waals surface area contributed by atoms with E-state index in [2.05, 4.69) is 59.2 Å². The minimum atomic E-state index is -0.367. The maximum atomic E-state index is 12.5. The van der Waals surface area contributed by atoms with Crippen LogP contribution in [0.4, 0.5) is 5.69 Å². The monoisotopic (exact) mass is 523 g/mol. The standard InChI is InChI=1S/C26H26BrN3O4/c1-26(2,3)18-4-8-21(9-5-18)32-16-23-12-13-24(34-23)25(31)29-20-14-28-30(15-20)17-33-22-10-6-19(27)7-11-22/h4-15H,16-17H2,1-3H3,(H,29,31). The molecule has 2 aromatic heterocycles. The predicted octanol–water partition coefficient (Wildman–Crippen LogP) is 6.40. The van der Waals surface area contributed by atoms with Crippen LogP contribution in [0.5, 0.6) is 11.5 Å². The van der Waals surface area contributed by atoms with Crippen LogP contribution in [0.25, 0.3) is 0 Å². The minimum absolute atomic E-state index is 0.0882. The van der Waals surface area contributed by atoms with Gasteiger partial charge in [-0.05, 0) is 59.5 Å². The van der Waals surface area contributed by atoms with Crippen LogP contribution in [-0.2, 0) is 18.8 Å². The first-order chi connectivity index (χ1) is 16.3. The number of ether oxygens (including phenoxy) is 2. The first-order valence-corrected chi connectivity index (χ1v) is 11.6. The van der Waals surface area contributed by atoms with E-state index >= 15 is 0 Å². The number of carbonyl (C=O) groups is 1. The fourth-order valence-electron chi connectivity index (χ4n) is 3.15. The second-order valence-electron chi connectivity index (χ2n) is 8.78. The summed E-state index contributed by atoms with van der Waals surface area (Å²) in [5.74, 6) is 1.85. The van der Waals surface area contributed by atoms with Gasteiger partial charge in [0.05, 0.1) is 18.1 Å². The number of rotatable bonds is 8. The van der Waals surface area contributed by atoms with Gasteiger partial charge >= 0.3 is 0 Å². The number of halogens is 1. The normalized spacial score (nSPS) is 11.3. The van der Waals surface area contributed by atoms with Gasteiger partial charge in [-0.1, -0.05) is 48.8 Å². The van der Waals surface area contributed by atoms with E-state index in [-0.39, 0.29) is 30.4 Å². The molecule has 34 heavy (non-hydrogen) atoms. The van der Waals surface area contributed by atoms with Crippen LogP contribution < -0.4 is 14.8 Å². The van der Waals surface area contributed by atoms with Gasteiger partial charge in [-0.15, -0.1) is 0 Å². The highest BCUT2D eigenvalue weighted by Gasteiger charge is 2.15. The number of furan rings is 1. The third kappa shape index (κ3) is 6.29. The summed E-state index contributed by atoms with van der Waals surface area (Å²) in [6.07, 6.45) is 3.24. The molecule has 4 rings (SSSR count). The Hall–Kier alpha value is -3.52. The van der Waals surface area contributed by atoms with Gasteiger partial charge in [0, 0.05) is 4.47 Å². The summed E-state index contributed by atoms with van der Waals surface area (Å²) in [6.45, 7) is 6.95. The third-order valence-corrected chi connectivity index (χ3v) is 5.58. The smallest absolute Gasteiger partial charge is 0.291 e. The molecule has 0 bridgehead atoms. The number of nitrogens with one attached hydrogen (secondary N) is 1. The van der Waals surface area contributed by atoms with Crippen molar-refractivity contribution in [2.24, 2.45) is 0 Å². The Morgan fingerprint density at radius 3 is 2.38 bits per heavy atom. The highest BCUT2D eigenvalue weighted by molar-refractivity contribution is 9.10. The van der Waals surface area contributed by atoms with Crippen molar-refractivity contribution in [2.45, 2.75) is 39.5 Å². The van der Waals surface area contributed by atoms with Gasteiger partial charge < -0.3 is 19.2 Å². The summed E-state index contributed by atoms with van der Waals surface area (Å²) in [5.41, 5.74) is 1.86. The number of anilines is 1. The molecule has 0 saturated carbocycles. The van der Waals surface area contributed by atoms with Crippen LogP contribution in [0.1, 0.15) is 42.6 Å². The Balaban J connectivity index is 1.27. The molecule has 8 heteroatoms. The molecular weight excluding hydrogens is 498 g/mol. The molecule has 0 aliphatic rings. The largest absolute Gasteiger partial charge is 0.486 e. The van der Waals surface area contributed by atoms with Gasteiger partial charge in [-0.3, -0.25) is 4.79 Å². The molecule has 0 spiro atoms. The lowest BCUT2D eigenvalue weighted by molar-refractivity contribution is 0.0992. The Labute approximate surface area is 206 Å². The van der Waals surface area contributed by atoms with Gasteiger partial charge in [0.25, 0.3) is 5.91 Å². The fourth-order valence-corrected chi connectivity index (χ4v) is 3.41. The van der Waals surface area contributed by atoms with Crippen LogP contribution in [0.2, 0.25) is 0 Å². The zero-order valence-electron chi connectivity index (χ0n) is 19.2. The summed E-state index contributed by atoms with van der Waals surface area (Å²) in [5, 5.41) is 6.98. The number of amides is 1. The Morgan fingerprint density at radius 1 is 1.00 bits per heavy atom. The van der Waals surface area contributed by atoms with Crippen LogP contribution >= 0.6 is 15.9 Å². The molecule has 1 amide bonds. The van der Waals surface area contributed by atoms with Crippen molar-refractivity contribution in [1.29, 1.82) is 0 Å². The number of hydrogen-bond donors (Lipinski definition) is 1. The fraction of sp³-hybridized carbons (Fsp3) is 0.231. The molecular formula is C26H26BrN3O4. The first-order valence-electron chi connectivity index (χ1n) is 10.8. The number of nitrogens with zero attached hydrogens (tertiary/aromatic N) is 2. The molecule has 0 aliphatic heterocycles. The van der Waals surface area contributed by atoms with Gasteiger partial charge in [-0.25, -0.2) is 4.68 Å². The van der Waals surface area contributed by atoms with Crippen molar-refractivity contribution >= 4 is 27.5 Å². The zero-order chi connectivity index (χ0) is 24.1. The maximum Gasteiger partial charge on any atom is 0.291 e. The van der Waals surface area contributed by atoms with E-state index in [1.807, 2.05) is 36.4 Å². The van der Waals surface area contributed by atoms with Crippen LogP contribution in [0.15, 0.2) is 81.9 Å². The van der Waals surface area contributed by atoms with Crippen molar-refractivity contribution in [2.75, 3.05) is 5.32 Å². The van der Waals surface area contributed by atoms with Gasteiger partial charge in [-0.2, -0.15) is 5.10 Å². The summed E-state index contributed by atoms with van der Waals surface area (Å²) in [6, 6.07) is 18.9. The predicted molar refractivity (Wildman–Crippen MR) is 133 cm³/mol. The van der Waals surface area contributed by atoms with Crippen LogP contribution in [-0.4, -0.2) is 15.7 Å². The number of aromatic nitrogens is 2. The zero-order valence-corrected chi connectivity index (χ0v) is 20.8. The maximum absolute atomic E-state index is 12.5. The highest BCUT2D eigenvalue weighted by Crippen LogP contribution is 2.25. The number of carbonyl (C=O) groups excluding carboxylic acids is 1. The van der Waals surface area contributed by atoms with E-state index in [4.69, 9.17) is 13.9 Å². The van der Waals surface area contributed by atoms with E-state index in [1.54, 1.807) is 29.2 Å². The van der Waals surface area contributed by atoms with Crippen molar-refractivity contribution in [3.8, 4) is 11.5 Å². The molecule has 0 radical (unpaired) electrons. The van der Waals surface area contributed by atoms with Crippen molar-refractivity contribution in [1.82, 2.24) is 9.78 Å². The third-order valence-electron chi connectivity index (χ3n) is 5.06.